The van der Waals surface area contributed by atoms with Gasteiger partial charge in [-0.2, -0.15) is 4.98 Å². The second-order valence-electron chi connectivity index (χ2n) is 8.05. The number of allylic oxidation sites excluding steroid dienone is 1. The zero-order chi connectivity index (χ0) is 25.1. The molecule has 10 heteroatoms. The summed E-state index contributed by atoms with van der Waals surface area (Å²) in [5.74, 6) is 1.54. The Bertz CT molecular complexity index is 1440. The molecule has 5 rings (SSSR count). The molecule has 0 spiro atoms. The van der Waals surface area contributed by atoms with E-state index in [2.05, 4.69) is 15.6 Å². The maximum Gasteiger partial charge on any atom is 0.255 e. The number of nitrogens with one attached hydrogen (secondary N) is 2. The van der Waals surface area contributed by atoms with Gasteiger partial charge in [0, 0.05) is 28.2 Å². The van der Waals surface area contributed by atoms with Gasteiger partial charge in [0.05, 0.1) is 24.6 Å². The molecule has 4 aromatic rings. The molecule has 0 saturated carbocycles. The van der Waals surface area contributed by atoms with Crippen molar-refractivity contribution in [3.05, 3.63) is 100 Å². The van der Waals surface area contributed by atoms with Crippen LogP contribution in [-0.4, -0.2) is 32.8 Å². The summed E-state index contributed by atoms with van der Waals surface area (Å²) >= 11 is 7.80. The summed E-state index contributed by atoms with van der Waals surface area (Å²) in [5, 5.41) is 12.3. The van der Waals surface area contributed by atoms with Gasteiger partial charge in [0.1, 0.15) is 11.8 Å². The zero-order valence-corrected chi connectivity index (χ0v) is 21.2. The molecule has 0 aliphatic carbocycles. The highest BCUT2D eigenvalue weighted by atomic mass is 35.5. The second kappa shape index (κ2) is 10.4. The fourth-order valence-corrected chi connectivity index (χ4v) is 5.17. The van der Waals surface area contributed by atoms with Crippen molar-refractivity contribution in [2.75, 3.05) is 17.7 Å². The van der Waals surface area contributed by atoms with E-state index >= 15 is 0 Å². The van der Waals surface area contributed by atoms with E-state index in [9.17, 15) is 4.79 Å². The second-order valence-corrected chi connectivity index (χ2v) is 9.40. The van der Waals surface area contributed by atoms with Gasteiger partial charge in [-0.1, -0.05) is 59.8 Å². The third-order valence-corrected chi connectivity index (χ3v) is 7.00. The van der Waals surface area contributed by atoms with Crippen LogP contribution in [0.3, 0.4) is 0 Å². The Labute approximate surface area is 217 Å². The van der Waals surface area contributed by atoms with Gasteiger partial charge < -0.3 is 15.4 Å². The van der Waals surface area contributed by atoms with Gasteiger partial charge in [0.25, 0.3) is 5.91 Å². The SMILES string of the molecule is COc1ccccc1C1C(C(=O)Nc2cccnc2)=C(C)Nc2nc(SCc3ccccc3Cl)nn21. The molecule has 182 valence electrons. The number of carbonyl (C=O) groups excluding carboxylic acids is 1. The third kappa shape index (κ3) is 4.80. The number of rotatable bonds is 7. The molecule has 1 amide bonds. The summed E-state index contributed by atoms with van der Waals surface area (Å²) in [5.41, 5.74) is 3.57. The van der Waals surface area contributed by atoms with Crippen molar-refractivity contribution in [2.24, 2.45) is 0 Å². The van der Waals surface area contributed by atoms with Crippen LogP contribution >= 0.6 is 23.4 Å². The summed E-state index contributed by atoms with van der Waals surface area (Å²) in [6, 6.07) is 18.3. The minimum Gasteiger partial charge on any atom is -0.496 e. The molecule has 0 radical (unpaired) electrons. The number of anilines is 2. The van der Waals surface area contributed by atoms with E-state index in [1.165, 1.54) is 11.8 Å². The molecular formula is C26H23ClN6O2S. The Morgan fingerprint density at radius 2 is 1.97 bits per heavy atom. The van der Waals surface area contributed by atoms with E-state index in [0.717, 1.165) is 11.1 Å². The van der Waals surface area contributed by atoms with Crippen molar-refractivity contribution >= 4 is 40.9 Å². The van der Waals surface area contributed by atoms with Gasteiger partial charge in [-0.15, -0.1) is 5.10 Å². The highest BCUT2D eigenvalue weighted by molar-refractivity contribution is 7.98. The van der Waals surface area contributed by atoms with Crippen LogP contribution in [0.4, 0.5) is 11.6 Å². The number of methoxy groups -OCH3 is 1. The smallest absolute Gasteiger partial charge is 0.255 e. The lowest BCUT2D eigenvalue weighted by atomic mass is 9.94. The minimum absolute atomic E-state index is 0.268. The lowest BCUT2D eigenvalue weighted by Crippen LogP contribution is -2.31. The largest absolute Gasteiger partial charge is 0.496 e. The van der Waals surface area contributed by atoms with Gasteiger partial charge in [-0.05, 0) is 36.8 Å². The number of benzene rings is 2. The fourth-order valence-electron chi connectivity index (χ4n) is 4.06. The molecule has 8 nitrogen and oxygen atoms in total. The standard InChI is InChI=1S/C26H23ClN6O2S/c1-16-22(24(34)30-18-9-7-13-28-14-18)23(19-10-4-6-12-21(19)35-2)33-25(29-16)31-26(32-33)36-15-17-8-3-5-11-20(17)27/h3-14,23H,15H2,1-2H3,(H,30,34)(H,29,31,32). The van der Waals surface area contributed by atoms with E-state index in [1.54, 1.807) is 36.3 Å². The molecule has 1 atom stereocenters. The third-order valence-electron chi connectivity index (χ3n) is 5.75. The van der Waals surface area contributed by atoms with Gasteiger partial charge in [0.2, 0.25) is 11.1 Å². The molecule has 1 aliphatic rings. The number of nitrogens with zero attached hydrogens (tertiary/aromatic N) is 4. The first kappa shape index (κ1) is 23.9. The summed E-state index contributed by atoms with van der Waals surface area (Å²) < 4.78 is 7.39. The van der Waals surface area contributed by atoms with Crippen molar-refractivity contribution in [3.63, 3.8) is 0 Å². The molecule has 36 heavy (non-hydrogen) atoms. The Morgan fingerprint density at radius 3 is 2.75 bits per heavy atom. The number of ether oxygens (including phenoxy) is 1. The number of hydrogen-bond acceptors (Lipinski definition) is 7. The van der Waals surface area contributed by atoms with Crippen LogP contribution in [0, 0.1) is 0 Å². The van der Waals surface area contributed by atoms with E-state index in [1.807, 2.05) is 55.5 Å². The van der Waals surface area contributed by atoms with Crippen LogP contribution in [0.2, 0.25) is 5.02 Å². The van der Waals surface area contributed by atoms with E-state index in [4.69, 9.17) is 26.4 Å². The number of pyridine rings is 1. The van der Waals surface area contributed by atoms with Crippen LogP contribution in [-0.2, 0) is 10.5 Å². The number of aromatic nitrogens is 4. The lowest BCUT2D eigenvalue weighted by molar-refractivity contribution is -0.113. The summed E-state index contributed by atoms with van der Waals surface area (Å²) in [6.45, 7) is 1.86. The molecular weight excluding hydrogens is 496 g/mol. The molecule has 1 unspecified atom stereocenters. The first-order chi connectivity index (χ1) is 17.5. The minimum atomic E-state index is -0.559. The number of hydrogen-bond donors (Lipinski definition) is 2. The van der Waals surface area contributed by atoms with Gasteiger partial charge in [0.15, 0.2) is 0 Å². The highest BCUT2D eigenvalue weighted by Crippen LogP contribution is 2.40. The van der Waals surface area contributed by atoms with E-state index < -0.39 is 6.04 Å². The number of fused-ring (bicyclic) bond motifs is 1. The van der Waals surface area contributed by atoms with E-state index in [-0.39, 0.29) is 5.91 Å². The molecule has 2 aromatic heterocycles. The van der Waals surface area contributed by atoms with Crippen LogP contribution in [0.25, 0.3) is 0 Å². The van der Waals surface area contributed by atoms with Gasteiger partial charge >= 0.3 is 0 Å². The number of thioether (sulfide) groups is 1. The number of halogens is 1. The normalized spacial score (nSPS) is 14.7. The number of para-hydroxylation sites is 1. The molecule has 2 N–H and O–H groups in total. The van der Waals surface area contributed by atoms with Crippen molar-refractivity contribution in [2.45, 2.75) is 23.9 Å². The molecule has 1 aliphatic heterocycles. The molecule has 0 fully saturated rings. The Morgan fingerprint density at radius 1 is 1.17 bits per heavy atom. The quantitative estimate of drug-likeness (QED) is 0.309. The van der Waals surface area contributed by atoms with Gasteiger partial charge in [-0.25, -0.2) is 4.68 Å². The topological polar surface area (TPSA) is 94.0 Å². The van der Waals surface area contributed by atoms with Crippen molar-refractivity contribution in [1.82, 2.24) is 19.7 Å². The summed E-state index contributed by atoms with van der Waals surface area (Å²) in [4.78, 5) is 22.4. The Hall–Kier alpha value is -3.82. The van der Waals surface area contributed by atoms with E-state index in [0.29, 0.717) is 44.6 Å². The van der Waals surface area contributed by atoms with Gasteiger partial charge in [-0.3, -0.25) is 9.78 Å². The number of amides is 1. The van der Waals surface area contributed by atoms with Crippen molar-refractivity contribution in [1.29, 1.82) is 0 Å². The average Bonchev–Trinajstić information content (AvgIpc) is 3.30. The highest BCUT2D eigenvalue weighted by Gasteiger charge is 2.36. The summed E-state index contributed by atoms with van der Waals surface area (Å²) in [6.07, 6.45) is 3.26. The lowest BCUT2D eigenvalue weighted by Gasteiger charge is -2.29. The van der Waals surface area contributed by atoms with Crippen molar-refractivity contribution < 1.29 is 9.53 Å². The Kier molecular flexibility index (Phi) is 6.92. The Balaban J connectivity index is 1.53. The van der Waals surface area contributed by atoms with Crippen molar-refractivity contribution in [3.8, 4) is 5.75 Å². The fraction of sp³-hybridized carbons (Fsp3) is 0.154. The maximum atomic E-state index is 13.6. The maximum absolute atomic E-state index is 13.6. The molecule has 3 heterocycles. The first-order valence-electron chi connectivity index (χ1n) is 11.2. The van der Waals surface area contributed by atoms with Crippen LogP contribution in [0.1, 0.15) is 24.1 Å². The number of carbonyl (C=O) groups is 1. The predicted molar refractivity (Wildman–Crippen MR) is 141 cm³/mol. The molecule has 2 aromatic carbocycles. The monoisotopic (exact) mass is 518 g/mol. The zero-order valence-electron chi connectivity index (χ0n) is 19.6. The van der Waals surface area contributed by atoms with Crippen LogP contribution < -0.4 is 15.4 Å². The average molecular weight is 519 g/mol. The van der Waals surface area contributed by atoms with Crippen LogP contribution in [0.15, 0.2) is 89.5 Å². The predicted octanol–water partition coefficient (Wildman–Crippen LogP) is 5.56. The van der Waals surface area contributed by atoms with Crippen LogP contribution in [0.5, 0.6) is 5.75 Å². The molecule has 0 saturated heterocycles. The first-order valence-corrected chi connectivity index (χ1v) is 12.6. The summed E-state index contributed by atoms with van der Waals surface area (Å²) in [7, 11) is 1.61. The molecule has 0 bridgehead atoms.